The van der Waals surface area contributed by atoms with Crippen LogP contribution in [0.3, 0.4) is 0 Å². The third kappa shape index (κ3) is 5.17. The van der Waals surface area contributed by atoms with Crippen molar-refractivity contribution in [2.75, 3.05) is 47.5 Å². The van der Waals surface area contributed by atoms with E-state index in [1.165, 1.54) is 0 Å². The maximum absolute atomic E-state index is 12.2. The molecule has 7 heteroatoms. The van der Waals surface area contributed by atoms with Crippen LogP contribution in [0.4, 0.5) is 4.79 Å². The number of ether oxygens (including phenoxy) is 4. The van der Waals surface area contributed by atoms with E-state index >= 15 is 0 Å². The van der Waals surface area contributed by atoms with Crippen LogP contribution in [0.1, 0.15) is 26.3 Å². The summed E-state index contributed by atoms with van der Waals surface area (Å²) in [5.74, 6) is 1.89. The molecule has 0 spiro atoms. The molecule has 1 fully saturated rings. The summed E-state index contributed by atoms with van der Waals surface area (Å²) in [6.45, 7) is 9.27. The van der Waals surface area contributed by atoms with Gasteiger partial charge in [-0.25, -0.2) is 4.79 Å². The molecule has 1 saturated heterocycles. The van der Waals surface area contributed by atoms with Crippen LogP contribution in [0.2, 0.25) is 0 Å². The molecule has 0 N–H and O–H groups in total. The van der Waals surface area contributed by atoms with Crippen molar-refractivity contribution in [2.45, 2.75) is 32.9 Å². The maximum atomic E-state index is 12.2. The lowest BCUT2D eigenvalue weighted by Crippen LogP contribution is -2.49. The van der Waals surface area contributed by atoms with Crippen molar-refractivity contribution in [1.82, 2.24) is 9.80 Å². The largest absolute Gasteiger partial charge is 0.493 e. The quantitative estimate of drug-likeness (QED) is 0.799. The Bertz CT molecular complexity index is 594. The van der Waals surface area contributed by atoms with Crippen LogP contribution < -0.4 is 14.2 Å². The molecule has 1 amide bonds. The highest BCUT2D eigenvalue weighted by molar-refractivity contribution is 5.68. The van der Waals surface area contributed by atoms with Gasteiger partial charge in [0.2, 0.25) is 5.75 Å². The number of methoxy groups -OCH3 is 3. The molecule has 2 rings (SSSR count). The van der Waals surface area contributed by atoms with Crippen LogP contribution in [0.15, 0.2) is 12.1 Å². The number of carbonyl (C=O) groups is 1. The van der Waals surface area contributed by atoms with Crippen molar-refractivity contribution < 1.29 is 23.7 Å². The number of hydrogen-bond acceptors (Lipinski definition) is 6. The van der Waals surface area contributed by atoms with Gasteiger partial charge in [0, 0.05) is 32.7 Å². The van der Waals surface area contributed by atoms with Gasteiger partial charge in [0.1, 0.15) is 5.60 Å². The zero-order valence-electron chi connectivity index (χ0n) is 16.6. The lowest BCUT2D eigenvalue weighted by Gasteiger charge is -2.35. The predicted molar refractivity (Wildman–Crippen MR) is 99.2 cm³/mol. The smallest absolute Gasteiger partial charge is 0.410 e. The van der Waals surface area contributed by atoms with Crippen molar-refractivity contribution in [2.24, 2.45) is 0 Å². The molecule has 0 aromatic heterocycles. The number of carbonyl (C=O) groups excluding carboxylic acids is 1. The number of rotatable bonds is 5. The first-order valence-electron chi connectivity index (χ1n) is 8.76. The molecule has 7 nitrogen and oxygen atoms in total. The Kier molecular flexibility index (Phi) is 6.58. The van der Waals surface area contributed by atoms with E-state index in [4.69, 9.17) is 18.9 Å². The van der Waals surface area contributed by atoms with E-state index in [1.54, 1.807) is 26.2 Å². The summed E-state index contributed by atoms with van der Waals surface area (Å²) in [4.78, 5) is 16.2. The van der Waals surface area contributed by atoms with E-state index in [0.29, 0.717) is 30.3 Å². The van der Waals surface area contributed by atoms with Crippen LogP contribution in [0.5, 0.6) is 17.2 Å². The highest BCUT2D eigenvalue weighted by Crippen LogP contribution is 2.38. The van der Waals surface area contributed by atoms with Gasteiger partial charge >= 0.3 is 6.09 Å². The van der Waals surface area contributed by atoms with Crippen molar-refractivity contribution in [3.63, 3.8) is 0 Å². The third-order valence-electron chi connectivity index (χ3n) is 4.15. The first-order chi connectivity index (χ1) is 12.3. The van der Waals surface area contributed by atoms with Gasteiger partial charge in [-0.1, -0.05) is 0 Å². The van der Waals surface area contributed by atoms with Gasteiger partial charge in [-0.05, 0) is 38.5 Å². The predicted octanol–water partition coefficient (Wildman–Crippen LogP) is 2.77. The average Bonchev–Trinajstić information content (AvgIpc) is 2.59. The fourth-order valence-electron chi connectivity index (χ4n) is 2.90. The molecule has 26 heavy (non-hydrogen) atoms. The molecule has 0 atom stereocenters. The monoisotopic (exact) mass is 366 g/mol. The zero-order chi connectivity index (χ0) is 19.3. The van der Waals surface area contributed by atoms with Gasteiger partial charge in [0.25, 0.3) is 0 Å². The number of nitrogens with zero attached hydrogens (tertiary/aromatic N) is 2. The van der Waals surface area contributed by atoms with Crippen molar-refractivity contribution in [1.29, 1.82) is 0 Å². The molecule has 1 aliphatic heterocycles. The molecule has 0 saturated carbocycles. The van der Waals surface area contributed by atoms with Gasteiger partial charge in [-0.15, -0.1) is 0 Å². The first kappa shape index (κ1) is 20.2. The summed E-state index contributed by atoms with van der Waals surface area (Å²) in [6.07, 6.45) is -0.245. The second-order valence-electron chi connectivity index (χ2n) is 7.28. The summed E-state index contributed by atoms with van der Waals surface area (Å²) in [5, 5.41) is 0. The number of benzene rings is 1. The molecular formula is C19H30N2O5. The fourth-order valence-corrected chi connectivity index (χ4v) is 2.90. The summed E-state index contributed by atoms with van der Waals surface area (Å²) in [5.41, 5.74) is 0.606. The zero-order valence-corrected chi connectivity index (χ0v) is 16.6. The summed E-state index contributed by atoms with van der Waals surface area (Å²) >= 11 is 0. The Morgan fingerprint density at radius 2 is 1.50 bits per heavy atom. The number of piperazine rings is 1. The first-order valence-corrected chi connectivity index (χ1v) is 8.76. The SMILES string of the molecule is COc1cc(CN2CCN(C(=O)OC(C)(C)C)CC2)cc(OC)c1OC. The topological polar surface area (TPSA) is 60.5 Å². The summed E-state index contributed by atoms with van der Waals surface area (Å²) in [7, 11) is 4.82. The van der Waals surface area contributed by atoms with Crippen LogP contribution in [0, 0.1) is 0 Å². The Hall–Kier alpha value is -2.15. The summed E-state index contributed by atoms with van der Waals surface area (Å²) < 4.78 is 21.6. The average molecular weight is 366 g/mol. The standard InChI is InChI=1S/C19H30N2O5/c1-19(2,3)26-18(22)21-9-7-20(8-10-21)13-14-11-15(23-4)17(25-6)16(12-14)24-5/h11-12H,7-10,13H2,1-6H3. The number of amides is 1. The Labute approximate surface area is 155 Å². The Morgan fingerprint density at radius 3 is 1.92 bits per heavy atom. The molecule has 1 aromatic rings. The molecule has 146 valence electrons. The van der Waals surface area contributed by atoms with Gasteiger partial charge < -0.3 is 23.8 Å². The van der Waals surface area contributed by atoms with Crippen LogP contribution in [0.25, 0.3) is 0 Å². The van der Waals surface area contributed by atoms with Gasteiger partial charge in [-0.3, -0.25) is 4.90 Å². The fraction of sp³-hybridized carbons (Fsp3) is 0.632. The molecule has 1 aliphatic rings. The molecular weight excluding hydrogens is 336 g/mol. The summed E-state index contributed by atoms with van der Waals surface area (Å²) in [6, 6.07) is 3.92. The van der Waals surface area contributed by atoms with Crippen molar-refractivity contribution in [3.05, 3.63) is 17.7 Å². The lowest BCUT2D eigenvalue weighted by molar-refractivity contribution is 0.0139. The second-order valence-corrected chi connectivity index (χ2v) is 7.28. The van der Waals surface area contributed by atoms with Gasteiger partial charge in [0.15, 0.2) is 11.5 Å². The van der Waals surface area contributed by atoms with E-state index in [1.807, 2.05) is 32.9 Å². The van der Waals surface area contributed by atoms with Crippen LogP contribution in [-0.4, -0.2) is 69.0 Å². The molecule has 0 radical (unpaired) electrons. The maximum Gasteiger partial charge on any atom is 0.410 e. The van der Waals surface area contributed by atoms with Crippen molar-refractivity contribution in [3.8, 4) is 17.2 Å². The molecule has 0 unspecified atom stereocenters. The van der Waals surface area contributed by atoms with E-state index in [0.717, 1.165) is 25.2 Å². The highest BCUT2D eigenvalue weighted by Gasteiger charge is 2.26. The Balaban J connectivity index is 1.98. The normalized spacial score (nSPS) is 15.5. The number of hydrogen-bond donors (Lipinski definition) is 0. The Morgan fingerprint density at radius 1 is 0.962 bits per heavy atom. The van der Waals surface area contributed by atoms with Gasteiger partial charge in [0.05, 0.1) is 21.3 Å². The van der Waals surface area contributed by atoms with Crippen LogP contribution >= 0.6 is 0 Å². The second kappa shape index (κ2) is 8.49. The van der Waals surface area contributed by atoms with Crippen molar-refractivity contribution >= 4 is 6.09 Å². The molecule has 1 heterocycles. The molecule has 1 aromatic carbocycles. The lowest BCUT2D eigenvalue weighted by atomic mass is 10.1. The van der Waals surface area contributed by atoms with Crippen LogP contribution in [-0.2, 0) is 11.3 Å². The minimum atomic E-state index is -0.468. The van der Waals surface area contributed by atoms with E-state index < -0.39 is 5.60 Å². The van der Waals surface area contributed by atoms with E-state index in [-0.39, 0.29) is 6.09 Å². The molecule has 0 aliphatic carbocycles. The van der Waals surface area contributed by atoms with E-state index in [9.17, 15) is 4.79 Å². The van der Waals surface area contributed by atoms with Gasteiger partial charge in [-0.2, -0.15) is 0 Å². The minimum absolute atomic E-state index is 0.245. The highest BCUT2D eigenvalue weighted by atomic mass is 16.6. The molecule has 0 bridgehead atoms. The van der Waals surface area contributed by atoms with E-state index in [2.05, 4.69) is 4.90 Å². The third-order valence-corrected chi connectivity index (χ3v) is 4.15. The minimum Gasteiger partial charge on any atom is -0.493 e.